The maximum atomic E-state index is 12.0. The van der Waals surface area contributed by atoms with Gasteiger partial charge in [-0.15, -0.1) is 0 Å². The van der Waals surface area contributed by atoms with Gasteiger partial charge in [0.05, 0.1) is 5.56 Å². The molecule has 2 N–H and O–H groups in total. The van der Waals surface area contributed by atoms with E-state index >= 15 is 0 Å². The van der Waals surface area contributed by atoms with Gasteiger partial charge in [-0.05, 0) is 37.0 Å². The van der Waals surface area contributed by atoms with Crippen LogP contribution in [-0.4, -0.2) is 28.5 Å². The van der Waals surface area contributed by atoms with E-state index < -0.39 is 0 Å². The predicted octanol–water partition coefficient (Wildman–Crippen LogP) is 2.68. The molecule has 1 aliphatic carbocycles. The van der Waals surface area contributed by atoms with Crippen molar-refractivity contribution in [2.75, 3.05) is 11.9 Å². The molecule has 0 aliphatic heterocycles. The number of hydrogen-bond acceptors (Lipinski definition) is 4. The molecule has 0 unspecified atom stereocenters. The summed E-state index contributed by atoms with van der Waals surface area (Å²) in [5.74, 6) is 0.415. The summed E-state index contributed by atoms with van der Waals surface area (Å²) in [6, 6.07) is 8.11. The lowest BCUT2D eigenvalue weighted by molar-refractivity contribution is 0.0953. The van der Waals surface area contributed by atoms with Crippen molar-refractivity contribution in [3.63, 3.8) is 0 Å². The van der Waals surface area contributed by atoms with E-state index in [9.17, 15) is 4.79 Å². The highest BCUT2D eigenvalue weighted by atomic mass is 35.5. The number of nitrogens with zero attached hydrogens (tertiary/aromatic N) is 2. The van der Waals surface area contributed by atoms with Crippen molar-refractivity contribution in [1.29, 1.82) is 0 Å². The third-order valence-electron chi connectivity index (χ3n) is 3.41. The predicted molar refractivity (Wildman–Crippen MR) is 86.2 cm³/mol. The quantitative estimate of drug-likeness (QED) is 0.860. The van der Waals surface area contributed by atoms with Gasteiger partial charge in [0.15, 0.2) is 0 Å². The van der Waals surface area contributed by atoms with E-state index in [0.29, 0.717) is 29.1 Å². The number of carbonyl (C=O) groups excluding carboxylic acids is 1. The summed E-state index contributed by atoms with van der Waals surface area (Å²) in [5, 5.41) is 6.75. The van der Waals surface area contributed by atoms with Crippen LogP contribution in [0.1, 0.15) is 28.8 Å². The smallest absolute Gasteiger partial charge is 0.254 e. The zero-order valence-electron chi connectivity index (χ0n) is 12.1. The number of aromatic nitrogens is 2. The first-order valence-electron chi connectivity index (χ1n) is 7.32. The van der Waals surface area contributed by atoms with E-state index in [1.54, 1.807) is 12.4 Å². The number of rotatable bonds is 6. The molecule has 22 heavy (non-hydrogen) atoms. The summed E-state index contributed by atoms with van der Waals surface area (Å²) in [6.45, 7) is 0.543. The highest BCUT2D eigenvalue weighted by molar-refractivity contribution is 6.30. The molecule has 1 saturated carbocycles. The average molecular weight is 317 g/mol. The molecule has 1 heterocycles. The first-order valence-corrected chi connectivity index (χ1v) is 7.70. The van der Waals surface area contributed by atoms with Crippen molar-refractivity contribution in [3.05, 3.63) is 52.8 Å². The fourth-order valence-electron chi connectivity index (χ4n) is 2.04. The van der Waals surface area contributed by atoms with Crippen LogP contribution in [0.3, 0.4) is 0 Å². The van der Waals surface area contributed by atoms with Gasteiger partial charge in [0, 0.05) is 30.0 Å². The van der Waals surface area contributed by atoms with Gasteiger partial charge in [-0.1, -0.05) is 23.7 Å². The van der Waals surface area contributed by atoms with Gasteiger partial charge in [-0.2, -0.15) is 0 Å². The van der Waals surface area contributed by atoms with Crippen molar-refractivity contribution >= 4 is 23.5 Å². The van der Waals surface area contributed by atoms with Gasteiger partial charge in [0.2, 0.25) is 5.95 Å². The third-order valence-corrected chi connectivity index (χ3v) is 3.65. The molecule has 0 radical (unpaired) electrons. The Balaban J connectivity index is 1.48. The molecular weight excluding hydrogens is 300 g/mol. The standard InChI is InChI=1S/C16H17ClN4O/c17-13-3-1-2-11(8-13)6-7-18-15(22)12-9-19-16(20-10-12)21-14-4-5-14/h1-3,8-10,14H,4-7H2,(H,18,22)(H,19,20,21). The first-order chi connectivity index (χ1) is 10.7. The molecule has 0 saturated heterocycles. The van der Waals surface area contributed by atoms with Gasteiger partial charge in [-0.3, -0.25) is 4.79 Å². The number of anilines is 1. The Hall–Kier alpha value is -2.14. The van der Waals surface area contributed by atoms with Gasteiger partial charge in [0.1, 0.15) is 0 Å². The second-order valence-electron chi connectivity index (χ2n) is 5.35. The van der Waals surface area contributed by atoms with Crippen LogP contribution in [0.5, 0.6) is 0 Å². The van der Waals surface area contributed by atoms with E-state index in [4.69, 9.17) is 11.6 Å². The monoisotopic (exact) mass is 316 g/mol. The summed E-state index contributed by atoms with van der Waals surface area (Å²) in [4.78, 5) is 20.3. The van der Waals surface area contributed by atoms with E-state index in [1.165, 1.54) is 0 Å². The molecule has 1 aromatic carbocycles. The highest BCUT2D eigenvalue weighted by Crippen LogP contribution is 2.22. The van der Waals surface area contributed by atoms with E-state index in [-0.39, 0.29) is 5.91 Å². The SMILES string of the molecule is O=C(NCCc1cccc(Cl)c1)c1cnc(NC2CC2)nc1. The van der Waals surface area contributed by atoms with Crippen LogP contribution in [0.25, 0.3) is 0 Å². The minimum absolute atomic E-state index is 0.167. The van der Waals surface area contributed by atoms with Crippen LogP contribution >= 0.6 is 11.6 Å². The van der Waals surface area contributed by atoms with Gasteiger partial charge >= 0.3 is 0 Å². The minimum Gasteiger partial charge on any atom is -0.352 e. The van der Waals surface area contributed by atoms with Crippen LogP contribution in [0.15, 0.2) is 36.7 Å². The summed E-state index contributed by atoms with van der Waals surface area (Å²) < 4.78 is 0. The zero-order valence-corrected chi connectivity index (χ0v) is 12.8. The normalized spacial score (nSPS) is 13.7. The summed E-state index contributed by atoms with van der Waals surface area (Å²) in [6.07, 6.45) is 6.15. The zero-order chi connectivity index (χ0) is 15.4. The van der Waals surface area contributed by atoms with Crippen molar-refractivity contribution < 1.29 is 4.79 Å². The lowest BCUT2D eigenvalue weighted by Crippen LogP contribution is -2.26. The molecule has 5 nitrogen and oxygen atoms in total. The lowest BCUT2D eigenvalue weighted by atomic mass is 10.1. The molecule has 1 aromatic heterocycles. The number of benzene rings is 1. The Morgan fingerprint density at radius 3 is 2.73 bits per heavy atom. The summed E-state index contributed by atoms with van der Waals surface area (Å²) in [5.41, 5.74) is 1.56. The minimum atomic E-state index is -0.167. The van der Waals surface area contributed by atoms with Crippen molar-refractivity contribution in [2.45, 2.75) is 25.3 Å². The Bertz CT molecular complexity index is 655. The van der Waals surface area contributed by atoms with Crippen molar-refractivity contribution in [2.24, 2.45) is 0 Å². The molecule has 1 aliphatic rings. The lowest BCUT2D eigenvalue weighted by Gasteiger charge is -2.06. The Morgan fingerprint density at radius 2 is 2.05 bits per heavy atom. The second-order valence-corrected chi connectivity index (χ2v) is 5.79. The van der Waals surface area contributed by atoms with Crippen molar-refractivity contribution in [3.8, 4) is 0 Å². The fourth-order valence-corrected chi connectivity index (χ4v) is 2.26. The molecular formula is C16H17ClN4O. The second kappa shape index (κ2) is 6.75. The largest absolute Gasteiger partial charge is 0.352 e. The van der Waals surface area contributed by atoms with Crippen LogP contribution in [0.2, 0.25) is 5.02 Å². The van der Waals surface area contributed by atoms with Gasteiger partial charge in [-0.25, -0.2) is 9.97 Å². The number of carbonyl (C=O) groups is 1. The maximum Gasteiger partial charge on any atom is 0.254 e. The van der Waals surface area contributed by atoms with Gasteiger partial charge < -0.3 is 10.6 Å². The number of amides is 1. The highest BCUT2D eigenvalue weighted by Gasteiger charge is 2.21. The molecule has 1 fully saturated rings. The van der Waals surface area contributed by atoms with Gasteiger partial charge in [0.25, 0.3) is 5.91 Å². The molecule has 3 rings (SSSR count). The average Bonchev–Trinajstić information content (AvgIpc) is 3.32. The number of hydrogen-bond donors (Lipinski definition) is 2. The summed E-state index contributed by atoms with van der Waals surface area (Å²) >= 11 is 5.93. The topological polar surface area (TPSA) is 66.9 Å². The molecule has 6 heteroatoms. The molecule has 0 spiro atoms. The molecule has 0 bridgehead atoms. The number of nitrogens with one attached hydrogen (secondary N) is 2. The van der Waals surface area contributed by atoms with Crippen molar-refractivity contribution in [1.82, 2.24) is 15.3 Å². The number of halogens is 1. The molecule has 114 valence electrons. The molecule has 0 atom stereocenters. The third kappa shape index (κ3) is 4.18. The summed E-state index contributed by atoms with van der Waals surface area (Å²) in [7, 11) is 0. The van der Waals surface area contributed by atoms with Crippen LogP contribution < -0.4 is 10.6 Å². The van der Waals surface area contributed by atoms with E-state index in [0.717, 1.165) is 24.8 Å². The maximum absolute atomic E-state index is 12.0. The first kappa shape index (κ1) is 14.8. The Kier molecular flexibility index (Phi) is 4.53. The van der Waals surface area contributed by atoms with E-state index in [1.807, 2.05) is 24.3 Å². The Morgan fingerprint density at radius 1 is 1.27 bits per heavy atom. The molecule has 2 aromatic rings. The van der Waals surface area contributed by atoms with Crippen LogP contribution in [0.4, 0.5) is 5.95 Å². The van der Waals surface area contributed by atoms with Crippen LogP contribution in [0, 0.1) is 0 Å². The van der Waals surface area contributed by atoms with E-state index in [2.05, 4.69) is 20.6 Å². The van der Waals surface area contributed by atoms with Crippen LogP contribution in [-0.2, 0) is 6.42 Å². The fraction of sp³-hybridized carbons (Fsp3) is 0.312. The molecule has 1 amide bonds. The Labute approximate surface area is 134 Å².